The van der Waals surface area contributed by atoms with E-state index in [0.29, 0.717) is 24.9 Å². The molecule has 0 bridgehead atoms. The normalized spacial score (nSPS) is 12.5. The predicted octanol–water partition coefficient (Wildman–Crippen LogP) is 1.66. The zero-order chi connectivity index (χ0) is 22.0. The highest BCUT2D eigenvalue weighted by atomic mass is 16.9. The van der Waals surface area contributed by atoms with E-state index in [1.54, 1.807) is 50.1 Å². The Bertz CT molecular complexity index is 648. The maximum Gasteiger partial charge on any atom is 0.294 e. The molecule has 0 radical (unpaired) electrons. The molecule has 9 nitrogen and oxygen atoms in total. The standard InChI is InChI=1S/C20H33N3O6/c1-15(2)21-11-17(24)12-28-18-8-6-16(7-9-18)10-19(25)22(5)13-20(3,4)14-29-23(26)27/h6-9,15,17,21,24H,10-14H2,1-5H3. The van der Waals surface area contributed by atoms with Crippen LogP contribution in [0.3, 0.4) is 0 Å². The van der Waals surface area contributed by atoms with Crippen molar-refractivity contribution >= 4 is 5.91 Å². The van der Waals surface area contributed by atoms with Gasteiger partial charge >= 0.3 is 0 Å². The van der Waals surface area contributed by atoms with Crippen molar-refractivity contribution in [1.82, 2.24) is 10.2 Å². The second-order valence-electron chi connectivity index (χ2n) is 8.26. The fourth-order valence-corrected chi connectivity index (χ4v) is 2.64. The number of likely N-dealkylation sites (N-methyl/N-ethyl adjacent to an activating group) is 1. The first kappa shape index (κ1) is 24.6. The molecule has 0 aliphatic heterocycles. The van der Waals surface area contributed by atoms with Crippen LogP contribution in [-0.4, -0.2) is 66.5 Å². The number of hydrogen-bond acceptors (Lipinski definition) is 7. The Balaban J connectivity index is 2.47. The number of carbonyl (C=O) groups excluding carboxylic acids is 1. The third-order valence-electron chi connectivity index (χ3n) is 4.13. The summed E-state index contributed by atoms with van der Waals surface area (Å²) in [6.07, 6.45) is -0.390. The Morgan fingerprint density at radius 2 is 1.93 bits per heavy atom. The van der Waals surface area contributed by atoms with E-state index in [-0.39, 0.29) is 25.5 Å². The lowest BCUT2D eigenvalue weighted by atomic mass is 9.94. The van der Waals surface area contributed by atoms with E-state index < -0.39 is 16.6 Å². The molecule has 0 aromatic heterocycles. The minimum Gasteiger partial charge on any atom is -0.491 e. The van der Waals surface area contributed by atoms with E-state index in [1.165, 1.54) is 0 Å². The van der Waals surface area contributed by atoms with Gasteiger partial charge in [0.2, 0.25) is 5.91 Å². The predicted molar refractivity (Wildman–Crippen MR) is 109 cm³/mol. The third kappa shape index (κ3) is 10.7. The zero-order valence-corrected chi connectivity index (χ0v) is 17.9. The lowest BCUT2D eigenvalue weighted by Crippen LogP contribution is -2.39. The van der Waals surface area contributed by atoms with Gasteiger partial charge in [-0.05, 0) is 17.7 Å². The van der Waals surface area contributed by atoms with Gasteiger partial charge in [0.25, 0.3) is 5.09 Å². The molecule has 0 aliphatic carbocycles. The lowest BCUT2D eigenvalue weighted by molar-refractivity contribution is -0.760. The van der Waals surface area contributed by atoms with Crippen molar-refractivity contribution in [2.45, 2.75) is 46.3 Å². The van der Waals surface area contributed by atoms with E-state index in [0.717, 1.165) is 5.56 Å². The van der Waals surface area contributed by atoms with Crippen LogP contribution in [0.5, 0.6) is 5.75 Å². The minimum atomic E-state index is -0.826. The summed E-state index contributed by atoms with van der Waals surface area (Å²) in [7, 11) is 1.67. The van der Waals surface area contributed by atoms with Crippen LogP contribution < -0.4 is 10.1 Å². The Hall–Kier alpha value is -2.39. The molecule has 29 heavy (non-hydrogen) atoms. The highest BCUT2D eigenvalue weighted by molar-refractivity contribution is 5.78. The van der Waals surface area contributed by atoms with E-state index >= 15 is 0 Å². The maximum atomic E-state index is 12.4. The topological polar surface area (TPSA) is 114 Å². The number of aliphatic hydroxyl groups excluding tert-OH is 1. The Kier molecular flexibility index (Phi) is 9.84. The van der Waals surface area contributed by atoms with Gasteiger partial charge in [-0.1, -0.05) is 39.8 Å². The zero-order valence-electron chi connectivity index (χ0n) is 17.9. The van der Waals surface area contributed by atoms with Gasteiger partial charge in [0, 0.05) is 31.6 Å². The number of aliphatic hydroxyl groups is 1. The first-order valence-electron chi connectivity index (χ1n) is 9.63. The van der Waals surface area contributed by atoms with Gasteiger partial charge in [-0.2, -0.15) is 0 Å². The van der Waals surface area contributed by atoms with Crippen molar-refractivity contribution in [3.8, 4) is 5.75 Å². The summed E-state index contributed by atoms with van der Waals surface area (Å²) in [5, 5.41) is 22.5. The smallest absolute Gasteiger partial charge is 0.294 e. The molecule has 0 saturated heterocycles. The molecule has 1 atom stereocenters. The molecule has 164 valence electrons. The van der Waals surface area contributed by atoms with Crippen LogP contribution >= 0.6 is 0 Å². The van der Waals surface area contributed by atoms with Crippen LogP contribution in [0.2, 0.25) is 0 Å². The van der Waals surface area contributed by atoms with Gasteiger partial charge in [-0.15, -0.1) is 10.1 Å². The van der Waals surface area contributed by atoms with E-state index in [9.17, 15) is 20.0 Å². The Morgan fingerprint density at radius 3 is 2.48 bits per heavy atom. The van der Waals surface area contributed by atoms with Crippen LogP contribution in [0.1, 0.15) is 33.3 Å². The van der Waals surface area contributed by atoms with Crippen molar-refractivity contribution < 1.29 is 24.6 Å². The first-order chi connectivity index (χ1) is 13.5. The van der Waals surface area contributed by atoms with Gasteiger partial charge in [-0.3, -0.25) is 4.79 Å². The van der Waals surface area contributed by atoms with Gasteiger partial charge in [0.1, 0.15) is 25.1 Å². The number of amides is 1. The number of nitrogens with zero attached hydrogens (tertiary/aromatic N) is 2. The Morgan fingerprint density at radius 1 is 1.31 bits per heavy atom. The second-order valence-corrected chi connectivity index (χ2v) is 8.26. The molecule has 0 heterocycles. The number of nitrogens with one attached hydrogen (secondary N) is 1. The fraction of sp³-hybridized carbons (Fsp3) is 0.650. The Labute approximate surface area is 172 Å². The lowest BCUT2D eigenvalue weighted by Gasteiger charge is -2.29. The summed E-state index contributed by atoms with van der Waals surface area (Å²) in [6.45, 7) is 8.51. The van der Waals surface area contributed by atoms with E-state index in [4.69, 9.17) is 4.74 Å². The van der Waals surface area contributed by atoms with Gasteiger partial charge in [0.05, 0.1) is 6.42 Å². The van der Waals surface area contributed by atoms with Crippen molar-refractivity contribution in [2.75, 3.05) is 33.4 Å². The molecular formula is C20H33N3O6. The summed E-state index contributed by atoms with van der Waals surface area (Å²) in [5.74, 6) is 0.527. The van der Waals surface area contributed by atoms with Crippen molar-refractivity contribution in [3.63, 3.8) is 0 Å². The summed E-state index contributed by atoms with van der Waals surface area (Å²) in [4.78, 5) is 28.8. The van der Waals surface area contributed by atoms with Gasteiger partial charge in [0.15, 0.2) is 0 Å². The third-order valence-corrected chi connectivity index (χ3v) is 4.13. The SMILES string of the molecule is CC(C)NCC(O)COc1ccc(CC(=O)N(C)CC(C)(C)CO[N+](=O)[O-])cc1. The van der Waals surface area contributed by atoms with Gasteiger partial charge < -0.3 is 24.9 Å². The molecule has 1 amide bonds. The summed E-state index contributed by atoms with van der Waals surface area (Å²) in [6, 6.07) is 7.44. The fourth-order valence-electron chi connectivity index (χ4n) is 2.64. The number of ether oxygens (including phenoxy) is 1. The number of benzene rings is 1. The highest BCUT2D eigenvalue weighted by Crippen LogP contribution is 2.18. The second kappa shape index (κ2) is 11.6. The molecule has 1 aromatic rings. The van der Waals surface area contributed by atoms with Crippen LogP contribution in [0, 0.1) is 15.5 Å². The average molecular weight is 411 g/mol. The quantitative estimate of drug-likeness (QED) is 0.375. The molecule has 1 aromatic carbocycles. The number of rotatable bonds is 13. The van der Waals surface area contributed by atoms with Crippen molar-refractivity contribution in [1.29, 1.82) is 0 Å². The molecule has 2 N–H and O–H groups in total. The molecule has 0 saturated carbocycles. The number of carbonyl (C=O) groups is 1. The molecule has 0 fully saturated rings. The minimum absolute atomic E-state index is 0.0812. The largest absolute Gasteiger partial charge is 0.491 e. The number of hydrogen-bond donors (Lipinski definition) is 2. The van der Waals surface area contributed by atoms with Crippen LogP contribution in [0.4, 0.5) is 0 Å². The van der Waals surface area contributed by atoms with Crippen LogP contribution in [0.15, 0.2) is 24.3 Å². The van der Waals surface area contributed by atoms with Crippen molar-refractivity contribution in [2.24, 2.45) is 5.41 Å². The van der Waals surface area contributed by atoms with Gasteiger partial charge in [-0.25, -0.2) is 0 Å². The average Bonchev–Trinajstić information content (AvgIpc) is 2.63. The first-order valence-corrected chi connectivity index (χ1v) is 9.63. The summed E-state index contributed by atoms with van der Waals surface area (Å²) in [5.41, 5.74) is 0.288. The monoisotopic (exact) mass is 411 g/mol. The molecule has 1 unspecified atom stereocenters. The molecular weight excluding hydrogens is 378 g/mol. The van der Waals surface area contributed by atoms with E-state index in [1.807, 2.05) is 13.8 Å². The maximum absolute atomic E-state index is 12.4. The molecule has 1 rings (SSSR count). The molecule has 0 aliphatic rings. The van der Waals surface area contributed by atoms with E-state index in [2.05, 4.69) is 10.2 Å². The molecule has 0 spiro atoms. The van der Waals surface area contributed by atoms with Crippen LogP contribution in [0.25, 0.3) is 0 Å². The van der Waals surface area contributed by atoms with Crippen molar-refractivity contribution in [3.05, 3.63) is 39.9 Å². The molecule has 9 heteroatoms. The van der Waals surface area contributed by atoms with Crippen LogP contribution in [-0.2, 0) is 16.1 Å². The summed E-state index contributed by atoms with van der Waals surface area (Å²) < 4.78 is 5.57. The summed E-state index contributed by atoms with van der Waals surface area (Å²) >= 11 is 0. The highest BCUT2D eigenvalue weighted by Gasteiger charge is 2.24.